The van der Waals surface area contributed by atoms with E-state index in [-0.39, 0.29) is 34.9 Å². The number of hydrogen-bond acceptors (Lipinski definition) is 4. The number of nitrogen functional groups attached to an aromatic ring is 1. The third-order valence-electron chi connectivity index (χ3n) is 2.27. The Labute approximate surface area is 103 Å². The van der Waals surface area contributed by atoms with Crippen LogP contribution in [0.1, 0.15) is 28.4 Å². The molecule has 0 amide bonds. The van der Waals surface area contributed by atoms with Crippen molar-refractivity contribution in [1.82, 2.24) is 0 Å². The number of aliphatic hydroxyl groups excluding tert-OH is 1. The van der Waals surface area contributed by atoms with Crippen molar-refractivity contribution < 1.29 is 19.8 Å². The number of Topliss-reactive ketones (excluding diaryl/α,β-unsaturated/α-hetero) is 1. The number of rotatable bonds is 5. The van der Waals surface area contributed by atoms with Gasteiger partial charge in [-0.15, -0.1) is 11.6 Å². The molecule has 1 aromatic rings. The summed E-state index contributed by atoms with van der Waals surface area (Å²) >= 11 is 5.45. The Morgan fingerprint density at radius 3 is 2.59 bits per heavy atom. The maximum atomic E-state index is 11.7. The van der Waals surface area contributed by atoms with E-state index in [1.807, 2.05) is 0 Å². The summed E-state index contributed by atoms with van der Waals surface area (Å²) < 4.78 is 0. The lowest BCUT2D eigenvalue weighted by atomic mass is 9.96. The van der Waals surface area contributed by atoms with Crippen molar-refractivity contribution in [3.05, 3.63) is 29.3 Å². The summed E-state index contributed by atoms with van der Waals surface area (Å²) in [5, 5.41) is 18.3. The minimum absolute atomic E-state index is 0.0599. The van der Waals surface area contributed by atoms with E-state index in [9.17, 15) is 14.7 Å². The highest BCUT2D eigenvalue weighted by Gasteiger charge is 2.24. The van der Waals surface area contributed by atoms with Crippen LogP contribution in [0.15, 0.2) is 18.2 Å². The molecule has 5 nitrogen and oxygen atoms in total. The van der Waals surface area contributed by atoms with E-state index in [1.165, 1.54) is 18.2 Å². The number of aliphatic carboxylic acids is 1. The topological polar surface area (TPSA) is 101 Å². The average molecular weight is 258 g/mol. The summed E-state index contributed by atoms with van der Waals surface area (Å²) in [6, 6.07) is 4.38. The molecule has 6 heteroatoms. The number of ketones is 1. The summed E-state index contributed by atoms with van der Waals surface area (Å²) in [7, 11) is 0. The van der Waals surface area contributed by atoms with E-state index in [4.69, 9.17) is 22.4 Å². The average Bonchev–Trinajstić information content (AvgIpc) is 2.28. The molecule has 92 valence electrons. The number of anilines is 1. The molecule has 0 saturated carbocycles. The second-order valence-corrected chi connectivity index (χ2v) is 3.79. The van der Waals surface area contributed by atoms with Gasteiger partial charge in [0.15, 0.2) is 11.9 Å². The fourth-order valence-corrected chi connectivity index (χ4v) is 1.65. The Morgan fingerprint density at radius 2 is 2.06 bits per heavy atom. The van der Waals surface area contributed by atoms with Crippen molar-refractivity contribution in [3.63, 3.8) is 0 Å². The molecule has 0 fully saturated rings. The number of alkyl halides is 1. The maximum absolute atomic E-state index is 11.7. The number of halogens is 1. The molecular formula is C11H12ClNO4. The fraction of sp³-hybridized carbons (Fsp3) is 0.273. The maximum Gasteiger partial charge on any atom is 0.337 e. The largest absolute Gasteiger partial charge is 0.479 e. The zero-order valence-electron chi connectivity index (χ0n) is 8.89. The number of aliphatic hydroxyl groups is 1. The second-order valence-electron chi connectivity index (χ2n) is 3.41. The van der Waals surface area contributed by atoms with Gasteiger partial charge in [-0.3, -0.25) is 4.79 Å². The molecule has 1 atom stereocenters. The normalized spacial score (nSPS) is 12.1. The number of nitrogens with two attached hydrogens (primary N) is 1. The number of benzene rings is 1. The van der Waals surface area contributed by atoms with Gasteiger partial charge in [-0.2, -0.15) is 0 Å². The minimum atomic E-state index is -1.81. The van der Waals surface area contributed by atoms with Gasteiger partial charge >= 0.3 is 5.97 Å². The summed E-state index contributed by atoms with van der Waals surface area (Å²) in [6.45, 7) is 0. The van der Waals surface area contributed by atoms with Crippen molar-refractivity contribution in [3.8, 4) is 0 Å². The molecule has 0 aliphatic heterocycles. The standard InChI is InChI=1S/C11H12ClNO4/c12-5-4-8(14)6-2-1-3-7(13)9(6)10(15)11(16)17/h1-3,10,15H,4-5,13H2,(H,16,17). The van der Waals surface area contributed by atoms with Gasteiger partial charge in [-0.05, 0) is 6.07 Å². The van der Waals surface area contributed by atoms with E-state index in [0.717, 1.165) is 0 Å². The second kappa shape index (κ2) is 5.65. The Balaban J connectivity index is 3.26. The molecule has 17 heavy (non-hydrogen) atoms. The summed E-state index contributed by atoms with van der Waals surface area (Å²) in [4.78, 5) is 22.4. The lowest BCUT2D eigenvalue weighted by molar-refractivity contribution is -0.146. The molecule has 0 heterocycles. The zero-order valence-corrected chi connectivity index (χ0v) is 9.65. The van der Waals surface area contributed by atoms with Gasteiger partial charge < -0.3 is 15.9 Å². The number of carbonyl (C=O) groups is 2. The zero-order chi connectivity index (χ0) is 13.0. The van der Waals surface area contributed by atoms with Crippen LogP contribution in [0.2, 0.25) is 0 Å². The Hall–Kier alpha value is -1.59. The highest BCUT2D eigenvalue weighted by atomic mass is 35.5. The molecule has 0 bridgehead atoms. The van der Waals surface area contributed by atoms with E-state index in [0.29, 0.717) is 0 Å². The minimum Gasteiger partial charge on any atom is -0.479 e. The molecule has 0 radical (unpaired) electrons. The van der Waals surface area contributed by atoms with Gasteiger partial charge in [0.1, 0.15) is 0 Å². The van der Waals surface area contributed by atoms with Crippen LogP contribution >= 0.6 is 11.6 Å². The van der Waals surface area contributed by atoms with Crippen LogP contribution in [0.4, 0.5) is 5.69 Å². The molecule has 0 saturated heterocycles. The van der Waals surface area contributed by atoms with Gasteiger partial charge in [0.05, 0.1) is 0 Å². The number of hydrogen-bond donors (Lipinski definition) is 3. The first-order valence-corrected chi connectivity index (χ1v) is 5.41. The molecule has 1 unspecified atom stereocenters. The fourth-order valence-electron chi connectivity index (χ4n) is 1.48. The first-order valence-electron chi connectivity index (χ1n) is 4.87. The third kappa shape index (κ3) is 2.95. The van der Waals surface area contributed by atoms with Crippen LogP contribution in [0, 0.1) is 0 Å². The molecule has 0 aliphatic carbocycles. The molecule has 0 aromatic heterocycles. The van der Waals surface area contributed by atoms with Crippen molar-refractivity contribution in [1.29, 1.82) is 0 Å². The smallest absolute Gasteiger partial charge is 0.337 e. The van der Waals surface area contributed by atoms with Crippen LogP contribution in [0.3, 0.4) is 0 Å². The number of carbonyl (C=O) groups excluding carboxylic acids is 1. The molecule has 4 N–H and O–H groups in total. The predicted octanol–water partition coefficient (Wildman–Crippen LogP) is 1.20. The van der Waals surface area contributed by atoms with Crippen molar-refractivity contribution in [2.75, 3.05) is 11.6 Å². The van der Waals surface area contributed by atoms with E-state index in [1.54, 1.807) is 0 Å². The lowest BCUT2D eigenvalue weighted by Gasteiger charge is -2.13. The SMILES string of the molecule is Nc1cccc(C(=O)CCCl)c1C(O)C(=O)O. The van der Waals surface area contributed by atoms with Crippen molar-refractivity contribution in [2.45, 2.75) is 12.5 Å². The number of carboxylic acids is 1. The monoisotopic (exact) mass is 257 g/mol. The van der Waals surface area contributed by atoms with E-state index >= 15 is 0 Å². The van der Waals surface area contributed by atoms with Gasteiger partial charge in [-0.1, -0.05) is 12.1 Å². The first-order chi connectivity index (χ1) is 7.99. The van der Waals surface area contributed by atoms with E-state index in [2.05, 4.69) is 0 Å². The first kappa shape index (κ1) is 13.5. The summed E-state index contributed by atoms with van der Waals surface area (Å²) in [5.41, 5.74) is 5.68. The van der Waals surface area contributed by atoms with Gasteiger partial charge in [-0.25, -0.2) is 4.79 Å². The summed E-state index contributed by atoms with van der Waals surface area (Å²) in [6.07, 6.45) is -1.75. The molecule has 1 rings (SSSR count). The van der Waals surface area contributed by atoms with Gasteiger partial charge in [0.25, 0.3) is 0 Å². The van der Waals surface area contributed by atoms with Crippen LogP contribution in [-0.4, -0.2) is 27.8 Å². The van der Waals surface area contributed by atoms with Crippen LogP contribution in [0.5, 0.6) is 0 Å². The summed E-state index contributed by atoms with van der Waals surface area (Å²) in [5.74, 6) is -1.68. The quantitative estimate of drug-likeness (QED) is 0.418. The predicted molar refractivity (Wildman–Crippen MR) is 63.1 cm³/mol. The van der Waals surface area contributed by atoms with E-state index < -0.39 is 12.1 Å². The Kier molecular flexibility index (Phi) is 4.48. The van der Waals surface area contributed by atoms with Crippen LogP contribution < -0.4 is 5.73 Å². The Bertz CT molecular complexity index is 447. The van der Waals surface area contributed by atoms with Gasteiger partial charge in [0, 0.05) is 29.1 Å². The van der Waals surface area contributed by atoms with Crippen molar-refractivity contribution in [2.24, 2.45) is 0 Å². The molecule has 1 aromatic carbocycles. The molecular weight excluding hydrogens is 246 g/mol. The van der Waals surface area contributed by atoms with Crippen LogP contribution in [0.25, 0.3) is 0 Å². The highest BCUT2D eigenvalue weighted by Crippen LogP contribution is 2.26. The van der Waals surface area contributed by atoms with Gasteiger partial charge in [0.2, 0.25) is 0 Å². The Morgan fingerprint density at radius 1 is 1.41 bits per heavy atom. The lowest BCUT2D eigenvalue weighted by Crippen LogP contribution is -2.17. The highest BCUT2D eigenvalue weighted by molar-refractivity contribution is 6.19. The third-order valence-corrected chi connectivity index (χ3v) is 2.46. The van der Waals surface area contributed by atoms with Crippen LogP contribution in [-0.2, 0) is 4.79 Å². The van der Waals surface area contributed by atoms with Crippen molar-refractivity contribution >= 4 is 29.0 Å². The number of carboxylic acid groups (broad SMARTS) is 1. The molecule has 0 spiro atoms. The molecule has 0 aliphatic rings.